The summed E-state index contributed by atoms with van der Waals surface area (Å²) in [6.45, 7) is 8.26. The summed E-state index contributed by atoms with van der Waals surface area (Å²) in [7, 11) is -0.547. The lowest BCUT2D eigenvalue weighted by Crippen LogP contribution is -2.41. The number of hydrogen-bond acceptors (Lipinski definition) is 4. The molecule has 0 spiro atoms. The third-order valence-electron chi connectivity index (χ3n) is 4.76. The van der Waals surface area contributed by atoms with E-state index in [-0.39, 0.29) is 6.42 Å². The quantitative estimate of drug-likeness (QED) is 0.858. The van der Waals surface area contributed by atoms with Gasteiger partial charge in [-0.25, -0.2) is 0 Å². The summed E-state index contributed by atoms with van der Waals surface area (Å²) >= 11 is 6.55. The van der Waals surface area contributed by atoms with Gasteiger partial charge in [0, 0.05) is 17.0 Å². The Kier molecular flexibility index (Phi) is 4.14. The Hall–Kier alpha value is -1.57. The van der Waals surface area contributed by atoms with E-state index in [2.05, 4.69) is 5.10 Å². The van der Waals surface area contributed by atoms with Crippen LogP contribution in [-0.2, 0) is 20.6 Å². The summed E-state index contributed by atoms with van der Waals surface area (Å²) in [4.78, 5) is 10.7. The Labute approximate surface area is 145 Å². The van der Waals surface area contributed by atoms with Gasteiger partial charge in [-0.3, -0.25) is 9.48 Å². The minimum atomic E-state index is -0.862. The minimum Gasteiger partial charge on any atom is -0.481 e. The van der Waals surface area contributed by atoms with Crippen LogP contribution >= 0.6 is 11.6 Å². The average molecular weight is 351 g/mol. The molecule has 0 aliphatic carbocycles. The molecular weight excluding hydrogens is 330 g/mol. The van der Waals surface area contributed by atoms with Crippen molar-refractivity contribution in [3.8, 4) is 0 Å². The molecule has 24 heavy (non-hydrogen) atoms. The van der Waals surface area contributed by atoms with E-state index in [1.54, 1.807) is 10.9 Å². The maximum atomic E-state index is 10.7. The summed E-state index contributed by atoms with van der Waals surface area (Å²) in [5.74, 6) is -0.862. The Morgan fingerprint density at radius 1 is 1.29 bits per heavy atom. The highest BCUT2D eigenvalue weighted by Gasteiger charge is 2.52. The molecule has 1 saturated heterocycles. The van der Waals surface area contributed by atoms with Crippen LogP contribution in [0.5, 0.6) is 0 Å². The predicted molar refractivity (Wildman–Crippen MR) is 92.7 cm³/mol. The van der Waals surface area contributed by atoms with Crippen LogP contribution in [-0.4, -0.2) is 39.2 Å². The van der Waals surface area contributed by atoms with Gasteiger partial charge in [0.25, 0.3) is 0 Å². The summed E-state index contributed by atoms with van der Waals surface area (Å²) in [6, 6.07) is 3.69. The van der Waals surface area contributed by atoms with Crippen molar-refractivity contribution in [1.29, 1.82) is 0 Å². The van der Waals surface area contributed by atoms with Crippen molar-refractivity contribution in [3.63, 3.8) is 0 Å². The van der Waals surface area contributed by atoms with Crippen LogP contribution in [0.2, 0.25) is 5.02 Å². The van der Waals surface area contributed by atoms with Crippen molar-refractivity contribution in [1.82, 2.24) is 9.78 Å². The van der Waals surface area contributed by atoms with E-state index < -0.39 is 24.3 Å². The maximum absolute atomic E-state index is 10.7. The van der Waals surface area contributed by atoms with Crippen molar-refractivity contribution < 1.29 is 19.2 Å². The zero-order valence-electron chi connectivity index (χ0n) is 14.2. The van der Waals surface area contributed by atoms with Crippen LogP contribution in [0.3, 0.4) is 0 Å². The lowest BCUT2D eigenvalue weighted by atomic mass is 9.78. The van der Waals surface area contributed by atoms with E-state index in [0.29, 0.717) is 17.1 Å². The normalized spacial score (nSPS) is 19.1. The van der Waals surface area contributed by atoms with Crippen LogP contribution in [0.25, 0.3) is 10.9 Å². The van der Waals surface area contributed by atoms with Gasteiger partial charge in [-0.1, -0.05) is 17.7 Å². The fourth-order valence-corrected chi connectivity index (χ4v) is 2.90. The van der Waals surface area contributed by atoms with Crippen molar-refractivity contribution in [2.75, 3.05) is 0 Å². The lowest BCUT2D eigenvalue weighted by molar-refractivity contribution is -0.137. The molecule has 1 aliphatic heterocycles. The van der Waals surface area contributed by atoms with E-state index in [1.165, 1.54) is 0 Å². The fourth-order valence-electron chi connectivity index (χ4n) is 2.60. The van der Waals surface area contributed by atoms with Crippen LogP contribution < -0.4 is 5.46 Å². The fraction of sp³-hybridized carbons (Fsp3) is 0.500. The molecule has 2 aromatic rings. The van der Waals surface area contributed by atoms with E-state index in [9.17, 15) is 4.79 Å². The summed E-state index contributed by atoms with van der Waals surface area (Å²) in [5, 5.41) is 14.4. The molecule has 0 atom stereocenters. The molecule has 3 rings (SSSR count). The number of hydrogen-bond donors (Lipinski definition) is 1. The summed E-state index contributed by atoms with van der Waals surface area (Å²) in [5.41, 5.74) is 0.578. The van der Waals surface area contributed by atoms with Gasteiger partial charge >= 0.3 is 13.1 Å². The third-order valence-corrected chi connectivity index (χ3v) is 5.18. The van der Waals surface area contributed by atoms with Gasteiger partial charge in [-0.05, 0) is 33.8 Å². The number of halogens is 1. The van der Waals surface area contributed by atoms with Gasteiger partial charge in [0.1, 0.15) is 0 Å². The molecule has 1 aromatic carbocycles. The SMILES string of the molecule is CC1(C)OB(c2ccc3nn(CCC(=O)O)cc3c2Cl)OC1(C)C. The number of carbonyl (C=O) groups is 1. The van der Waals surface area contributed by atoms with Crippen molar-refractivity contribution in [3.05, 3.63) is 23.4 Å². The number of carboxylic acids is 1. The number of aliphatic carboxylic acids is 1. The number of aromatic nitrogens is 2. The Morgan fingerprint density at radius 3 is 2.50 bits per heavy atom. The molecule has 1 N–H and O–H groups in total. The van der Waals surface area contributed by atoms with Gasteiger partial charge in [-0.15, -0.1) is 0 Å². The first-order valence-electron chi connectivity index (χ1n) is 7.84. The first kappa shape index (κ1) is 17.3. The number of benzene rings is 1. The number of rotatable bonds is 4. The highest BCUT2D eigenvalue weighted by molar-refractivity contribution is 6.66. The smallest absolute Gasteiger partial charge is 0.481 e. The van der Waals surface area contributed by atoms with Gasteiger partial charge < -0.3 is 14.4 Å². The molecule has 1 aromatic heterocycles. The van der Waals surface area contributed by atoms with Crippen LogP contribution in [0.1, 0.15) is 34.1 Å². The molecule has 2 heterocycles. The average Bonchev–Trinajstić information content (AvgIpc) is 2.96. The van der Waals surface area contributed by atoms with Crippen LogP contribution in [0.15, 0.2) is 18.3 Å². The molecule has 128 valence electrons. The molecule has 0 radical (unpaired) electrons. The van der Waals surface area contributed by atoms with Crippen molar-refractivity contribution >= 4 is 41.1 Å². The topological polar surface area (TPSA) is 73.6 Å². The zero-order valence-corrected chi connectivity index (χ0v) is 14.9. The zero-order chi connectivity index (χ0) is 17.7. The minimum absolute atomic E-state index is 0.00961. The Morgan fingerprint density at radius 2 is 1.92 bits per heavy atom. The lowest BCUT2D eigenvalue weighted by Gasteiger charge is -2.32. The molecule has 0 unspecified atom stereocenters. The number of fused-ring (bicyclic) bond motifs is 1. The second-order valence-electron chi connectivity index (χ2n) is 7.03. The van der Waals surface area contributed by atoms with E-state index in [4.69, 9.17) is 26.0 Å². The van der Waals surface area contributed by atoms with Crippen LogP contribution in [0.4, 0.5) is 0 Å². The molecule has 1 aliphatic rings. The molecule has 0 saturated carbocycles. The summed E-state index contributed by atoms with van der Waals surface area (Å²) < 4.78 is 13.7. The Bertz CT molecular complexity index is 787. The van der Waals surface area contributed by atoms with E-state index in [0.717, 1.165) is 10.8 Å². The third kappa shape index (κ3) is 2.92. The molecule has 8 heteroatoms. The van der Waals surface area contributed by atoms with E-state index >= 15 is 0 Å². The predicted octanol–water partition coefficient (Wildman–Crippen LogP) is 2.46. The van der Waals surface area contributed by atoms with Crippen molar-refractivity contribution in [2.24, 2.45) is 0 Å². The summed E-state index contributed by atoms with van der Waals surface area (Å²) in [6.07, 6.45) is 1.77. The monoisotopic (exact) mass is 350 g/mol. The molecule has 0 bridgehead atoms. The van der Waals surface area contributed by atoms with Crippen molar-refractivity contribution in [2.45, 2.75) is 51.9 Å². The molecular formula is C16H20BClN2O4. The first-order valence-corrected chi connectivity index (χ1v) is 8.21. The van der Waals surface area contributed by atoms with Gasteiger partial charge in [0.15, 0.2) is 0 Å². The highest BCUT2D eigenvalue weighted by atomic mass is 35.5. The van der Waals surface area contributed by atoms with Gasteiger partial charge in [0.2, 0.25) is 0 Å². The number of nitrogens with zero attached hydrogens (tertiary/aromatic N) is 2. The standard InChI is InChI=1S/C16H20BClN2O4/c1-15(2)16(3,4)24-17(23-15)11-5-6-12-10(14(11)18)9-20(19-12)8-7-13(21)22/h5-6,9H,7-8H2,1-4H3,(H,21,22). The van der Waals surface area contributed by atoms with E-state index in [1.807, 2.05) is 39.8 Å². The molecule has 1 fully saturated rings. The van der Waals surface area contributed by atoms with Crippen LogP contribution in [0, 0.1) is 0 Å². The first-order chi connectivity index (χ1) is 11.1. The number of aryl methyl sites for hydroxylation is 1. The van der Waals surface area contributed by atoms with Gasteiger partial charge in [-0.2, -0.15) is 5.10 Å². The number of carboxylic acid groups (broad SMARTS) is 1. The maximum Gasteiger partial charge on any atom is 0.496 e. The molecule has 6 nitrogen and oxygen atoms in total. The second kappa shape index (κ2) is 5.76. The van der Waals surface area contributed by atoms with Gasteiger partial charge in [0.05, 0.1) is 34.7 Å². The highest BCUT2D eigenvalue weighted by Crippen LogP contribution is 2.37. The molecule has 0 amide bonds. The largest absolute Gasteiger partial charge is 0.496 e. The Balaban J connectivity index is 1.93. The second-order valence-corrected chi connectivity index (χ2v) is 7.40.